The van der Waals surface area contributed by atoms with Crippen molar-refractivity contribution in [3.63, 3.8) is 0 Å². The summed E-state index contributed by atoms with van der Waals surface area (Å²) in [4.78, 5) is 23.8. The maximum atomic E-state index is 12.1. The van der Waals surface area contributed by atoms with Crippen molar-refractivity contribution in [2.24, 2.45) is 5.41 Å². The highest BCUT2D eigenvalue weighted by molar-refractivity contribution is 6.33. The summed E-state index contributed by atoms with van der Waals surface area (Å²) in [6.45, 7) is 5.43. The third kappa shape index (κ3) is 4.80. The van der Waals surface area contributed by atoms with E-state index in [1.165, 1.54) is 0 Å². The van der Waals surface area contributed by atoms with E-state index in [-0.39, 0.29) is 24.6 Å². The second-order valence-electron chi connectivity index (χ2n) is 5.23. The minimum Gasteiger partial charge on any atom is -0.466 e. The predicted molar refractivity (Wildman–Crippen MR) is 80.2 cm³/mol. The first-order valence-electron chi connectivity index (χ1n) is 6.39. The van der Waals surface area contributed by atoms with Crippen LogP contribution in [-0.2, 0) is 20.7 Å². The second-order valence-corrected chi connectivity index (χ2v) is 6.08. The van der Waals surface area contributed by atoms with Crippen molar-refractivity contribution in [1.82, 2.24) is 0 Å². The monoisotopic (exact) mass is 316 g/mol. The van der Waals surface area contributed by atoms with Crippen molar-refractivity contribution in [3.05, 3.63) is 33.8 Å². The predicted octanol–water partition coefficient (Wildman–Crippen LogP) is 4.08. The zero-order valence-electron chi connectivity index (χ0n) is 11.8. The van der Waals surface area contributed by atoms with Crippen LogP contribution < -0.4 is 0 Å². The summed E-state index contributed by atoms with van der Waals surface area (Å²) in [6, 6.07) is 4.99. The van der Waals surface area contributed by atoms with Crippen molar-refractivity contribution in [3.8, 4) is 0 Å². The average molecular weight is 317 g/mol. The van der Waals surface area contributed by atoms with Crippen LogP contribution in [0.4, 0.5) is 0 Å². The molecule has 0 heterocycles. The lowest BCUT2D eigenvalue weighted by atomic mass is 9.86. The molecule has 1 aromatic carbocycles. The molecular formula is C15H18Cl2O3. The summed E-state index contributed by atoms with van der Waals surface area (Å²) in [5, 5.41) is 1.03. The van der Waals surface area contributed by atoms with Crippen LogP contribution in [0.1, 0.15) is 32.8 Å². The molecule has 0 saturated carbocycles. The molecule has 5 heteroatoms. The van der Waals surface area contributed by atoms with Gasteiger partial charge in [-0.2, -0.15) is 0 Å². The molecule has 0 radical (unpaired) electrons. The number of hydrogen-bond donors (Lipinski definition) is 0. The van der Waals surface area contributed by atoms with Gasteiger partial charge in [0.25, 0.3) is 0 Å². The lowest BCUT2D eigenvalue weighted by Gasteiger charge is -2.21. The Morgan fingerprint density at radius 2 is 1.90 bits per heavy atom. The lowest BCUT2D eigenvalue weighted by Crippen LogP contribution is -2.30. The Balaban J connectivity index is 2.72. The smallest absolute Gasteiger partial charge is 0.311 e. The van der Waals surface area contributed by atoms with E-state index in [2.05, 4.69) is 0 Å². The fourth-order valence-corrected chi connectivity index (χ4v) is 2.22. The van der Waals surface area contributed by atoms with Crippen LogP contribution >= 0.6 is 23.2 Å². The number of carbonyl (C=O) groups is 2. The Kier molecular flexibility index (Phi) is 6.03. The van der Waals surface area contributed by atoms with Crippen LogP contribution in [0.25, 0.3) is 0 Å². The molecule has 0 aliphatic heterocycles. The van der Waals surface area contributed by atoms with Crippen LogP contribution in [-0.4, -0.2) is 18.4 Å². The SMILES string of the molecule is CCOC(=O)C(C)(C)CC(=O)Cc1cc(Cl)ccc1Cl. The van der Waals surface area contributed by atoms with Gasteiger partial charge < -0.3 is 4.74 Å². The van der Waals surface area contributed by atoms with Crippen LogP contribution in [0.3, 0.4) is 0 Å². The Labute approximate surface area is 129 Å². The Bertz CT molecular complexity index is 510. The summed E-state index contributed by atoms with van der Waals surface area (Å²) in [5.41, 5.74) is -0.165. The average Bonchev–Trinajstić information content (AvgIpc) is 2.33. The Hall–Kier alpha value is -1.06. The minimum absolute atomic E-state index is 0.0766. The highest BCUT2D eigenvalue weighted by Crippen LogP contribution is 2.26. The van der Waals surface area contributed by atoms with Crippen molar-refractivity contribution >= 4 is 35.0 Å². The van der Waals surface area contributed by atoms with E-state index in [0.29, 0.717) is 22.2 Å². The Morgan fingerprint density at radius 1 is 1.25 bits per heavy atom. The van der Waals surface area contributed by atoms with E-state index in [1.54, 1.807) is 39.0 Å². The topological polar surface area (TPSA) is 43.4 Å². The third-order valence-electron chi connectivity index (χ3n) is 2.86. The van der Waals surface area contributed by atoms with E-state index < -0.39 is 5.41 Å². The molecule has 0 N–H and O–H groups in total. The Morgan fingerprint density at radius 3 is 2.50 bits per heavy atom. The molecule has 0 unspecified atom stereocenters. The molecule has 1 rings (SSSR count). The number of ketones is 1. The summed E-state index contributed by atoms with van der Waals surface area (Å²) in [7, 11) is 0. The number of halogens is 2. The number of Topliss-reactive ketones (excluding diaryl/α,β-unsaturated/α-hetero) is 1. The van der Waals surface area contributed by atoms with Gasteiger partial charge in [-0.15, -0.1) is 0 Å². The molecule has 110 valence electrons. The third-order valence-corrected chi connectivity index (χ3v) is 3.47. The van der Waals surface area contributed by atoms with Crippen molar-refractivity contribution in [1.29, 1.82) is 0 Å². The highest BCUT2D eigenvalue weighted by Gasteiger charge is 2.31. The molecular weight excluding hydrogens is 299 g/mol. The van der Waals surface area contributed by atoms with Crippen molar-refractivity contribution in [2.75, 3.05) is 6.61 Å². The van der Waals surface area contributed by atoms with Crippen molar-refractivity contribution < 1.29 is 14.3 Å². The molecule has 0 aliphatic rings. The number of rotatable bonds is 6. The van der Waals surface area contributed by atoms with Crippen LogP contribution in [0.2, 0.25) is 10.0 Å². The van der Waals surface area contributed by atoms with Gasteiger partial charge in [-0.1, -0.05) is 23.2 Å². The van der Waals surface area contributed by atoms with Crippen LogP contribution in [0.15, 0.2) is 18.2 Å². The standard InChI is InChI=1S/C15H18Cl2O3/c1-4-20-14(19)15(2,3)9-12(18)8-10-7-11(16)5-6-13(10)17/h5-7H,4,8-9H2,1-3H3. The van der Waals surface area contributed by atoms with E-state index in [0.717, 1.165) is 0 Å². The van der Waals surface area contributed by atoms with Crippen LogP contribution in [0.5, 0.6) is 0 Å². The zero-order valence-corrected chi connectivity index (χ0v) is 13.3. The fourth-order valence-electron chi connectivity index (χ4n) is 1.85. The summed E-state index contributed by atoms with van der Waals surface area (Å²) < 4.78 is 4.96. The maximum Gasteiger partial charge on any atom is 0.311 e. The van der Waals surface area contributed by atoms with Gasteiger partial charge in [-0.25, -0.2) is 0 Å². The van der Waals surface area contributed by atoms with E-state index in [9.17, 15) is 9.59 Å². The lowest BCUT2D eigenvalue weighted by molar-refractivity contribution is -0.155. The number of carbonyl (C=O) groups excluding carboxylic acids is 2. The molecule has 0 atom stereocenters. The van der Waals surface area contributed by atoms with Gasteiger partial charge in [0.2, 0.25) is 0 Å². The fraction of sp³-hybridized carbons (Fsp3) is 0.467. The summed E-state index contributed by atoms with van der Waals surface area (Å²) >= 11 is 11.9. The number of benzene rings is 1. The molecule has 0 spiro atoms. The molecule has 0 fully saturated rings. The van der Waals surface area contributed by atoms with E-state index >= 15 is 0 Å². The van der Waals surface area contributed by atoms with Gasteiger partial charge in [-0.05, 0) is 44.5 Å². The molecule has 0 amide bonds. The van der Waals surface area contributed by atoms with Gasteiger partial charge in [0.05, 0.1) is 12.0 Å². The van der Waals surface area contributed by atoms with Gasteiger partial charge in [0, 0.05) is 22.9 Å². The maximum absolute atomic E-state index is 12.1. The molecule has 0 aromatic heterocycles. The van der Waals surface area contributed by atoms with Gasteiger partial charge in [0.1, 0.15) is 5.78 Å². The molecule has 1 aromatic rings. The largest absolute Gasteiger partial charge is 0.466 e. The highest BCUT2D eigenvalue weighted by atomic mass is 35.5. The first-order chi connectivity index (χ1) is 9.26. The van der Waals surface area contributed by atoms with E-state index in [1.807, 2.05) is 0 Å². The number of ether oxygens (including phenoxy) is 1. The summed E-state index contributed by atoms with van der Waals surface area (Å²) in [6.07, 6.45) is 0.261. The zero-order chi connectivity index (χ0) is 15.3. The van der Waals surface area contributed by atoms with Gasteiger partial charge in [0.15, 0.2) is 0 Å². The number of hydrogen-bond acceptors (Lipinski definition) is 3. The molecule has 0 aliphatic carbocycles. The summed E-state index contributed by atoms with van der Waals surface area (Å²) in [5.74, 6) is -0.447. The quantitative estimate of drug-likeness (QED) is 0.742. The number of esters is 1. The molecule has 3 nitrogen and oxygen atoms in total. The van der Waals surface area contributed by atoms with E-state index in [4.69, 9.17) is 27.9 Å². The molecule has 20 heavy (non-hydrogen) atoms. The first kappa shape index (κ1) is 17.0. The minimum atomic E-state index is -0.835. The first-order valence-corrected chi connectivity index (χ1v) is 7.14. The van der Waals surface area contributed by atoms with Crippen LogP contribution in [0, 0.1) is 5.41 Å². The molecule has 0 bridgehead atoms. The second kappa shape index (κ2) is 7.09. The van der Waals surface area contributed by atoms with Crippen molar-refractivity contribution in [2.45, 2.75) is 33.6 Å². The molecule has 0 saturated heterocycles. The van der Waals surface area contributed by atoms with Gasteiger partial charge in [-0.3, -0.25) is 9.59 Å². The normalized spacial score (nSPS) is 11.2. The van der Waals surface area contributed by atoms with Gasteiger partial charge >= 0.3 is 5.97 Å².